The number of ether oxygens (including phenoxy) is 1. The second-order valence-electron chi connectivity index (χ2n) is 7.34. The normalized spacial score (nSPS) is 10.8. The number of carbonyl (C=O) groups is 2. The third-order valence-corrected chi connectivity index (χ3v) is 5.68. The molecule has 0 unspecified atom stereocenters. The first-order valence-corrected chi connectivity index (χ1v) is 11.6. The average Bonchev–Trinajstić information content (AvgIpc) is 3.32. The average molecular weight is 462 g/mol. The van der Waals surface area contributed by atoms with Crippen LogP contribution in [0.3, 0.4) is 0 Å². The third kappa shape index (κ3) is 5.98. The summed E-state index contributed by atoms with van der Waals surface area (Å²) in [6, 6.07) is 20.6. The zero-order chi connectivity index (χ0) is 23.0. The highest BCUT2D eigenvalue weighted by atomic mass is 32.2. The van der Waals surface area contributed by atoms with Crippen molar-refractivity contribution in [3.63, 3.8) is 0 Å². The van der Waals surface area contributed by atoms with E-state index >= 15 is 0 Å². The minimum Gasteiger partial charge on any atom is -0.462 e. The summed E-state index contributed by atoms with van der Waals surface area (Å²) in [5.41, 5.74) is 1.87. The number of fused-ring (bicyclic) bond motifs is 1. The Morgan fingerprint density at radius 2 is 1.79 bits per heavy atom. The Bertz CT molecular complexity index is 1250. The first-order valence-electron chi connectivity index (χ1n) is 10.6. The summed E-state index contributed by atoms with van der Waals surface area (Å²) in [4.78, 5) is 24.2. The van der Waals surface area contributed by atoms with Crippen LogP contribution in [-0.4, -0.2) is 34.4 Å². The fourth-order valence-electron chi connectivity index (χ4n) is 3.11. The number of nitrogens with zero attached hydrogens (tertiary/aromatic N) is 2. The molecule has 0 fully saturated rings. The maximum absolute atomic E-state index is 12.3. The number of amides is 1. The van der Waals surface area contributed by atoms with Gasteiger partial charge in [-0.15, -0.1) is 10.2 Å². The smallest absolute Gasteiger partial charge is 0.338 e. The highest BCUT2D eigenvalue weighted by Gasteiger charge is 2.13. The molecule has 0 aliphatic carbocycles. The molecular weight excluding hydrogens is 438 g/mol. The van der Waals surface area contributed by atoms with Crippen LogP contribution < -0.4 is 5.32 Å². The number of aromatic nitrogens is 2. The number of benzene rings is 3. The van der Waals surface area contributed by atoms with Crippen molar-refractivity contribution in [2.75, 3.05) is 17.7 Å². The van der Waals surface area contributed by atoms with Crippen LogP contribution >= 0.6 is 11.8 Å². The van der Waals surface area contributed by atoms with Crippen molar-refractivity contribution in [1.29, 1.82) is 0 Å². The lowest BCUT2D eigenvalue weighted by Crippen LogP contribution is -2.14. The minimum absolute atomic E-state index is 0.111. The number of esters is 1. The lowest BCUT2D eigenvalue weighted by Gasteiger charge is -2.06. The molecule has 4 rings (SSSR count). The molecule has 1 heterocycles. The molecule has 3 aromatic carbocycles. The highest BCUT2D eigenvalue weighted by Crippen LogP contribution is 2.26. The molecule has 0 saturated heterocycles. The van der Waals surface area contributed by atoms with Crippen LogP contribution in [0.5, 0.6) is 0 Å². The molecule has 0 atom stereocenters. The molecule has 0 saturated carbocycles. The van der Waals surface area contributed by atoms with E-state index in [1.807, 2.05) is 49.4 Å². The minimum atomic E-state index is -0.365. The van der Waals surface area contributed by atoms with E-state index < -0.39 is 0 Å². The second kappa shape index (κ2) is 10.8. The van der Waals surface area contributed by atoms with E-state index in [1.165, 1.54) is 0 Å². The van der Waals surface area contributed by atoms with E-state index in [9.17, 15) is 9.59 Å². The Morgan fingerprint density at radius 1 is 1.00 bits per heavy atom. The van der Waals surface area contributed by atoms with Crippen LogP contribution in [0.2, 0.25) is 0 Å². The molecule has 0 aliphatic heterocycles. The molecule has 1 aromatic heterocycles. The molecule has 0 bridgehead atoms. The summed E-state index contributed by atoms with van der Waals surface area (Å²) in [5, 5.41) is 13.4. The lowest BCUT2D eigenvalue weighted by molar-refractivity contribution is -0.113. The largest absolute Gasteiger partial charge is 0.462 e. The molecule has 0 radical (unpaired) electrons. The van der Waals surface area contributed by atoms with Crippen molar-refractivity contribution in [3.05, 3.63) is 72.3 Å². The van der Waals surface area contributed by atoms with Gasteiger partial charge in [-0.2, -0.15) is 0 Å². The van der Waals surface area contributed by atoms with Gasteiger partial charge in [0, 0.05) is 11.3 Å². The molecule has 168 valence electrons. The van der Waals surface area contributed by atoms with Gasteiger partial charge in [0.2, 0.25) is 11.8 Å². The first kappa shape index (κ1) is 22.5. The van der Waals surface area contributed by atoms with Gasteiger partial charge >= 0.3 is 5.97 Å². The topological polar surface area (TPSA) is 94.3 Å². The van der Waals surface area contributed by atoms with Gasteiger partial charge in [0.15, 0.2) is 0 Å². The highest BCUT2D eigenvalue weighted by molar-refractivity contribution is 7.99. The van der Waals surface area contributed by atoms with E-state index in [4.69, 9.17) is 9.15 Å². The van der Waals surface area contributed by atoms with Gasteiger partial charge in [0.1, 0.15) is 0 Å². The maximum Gasteiger partial charge on any atom is 0.338 e. The van der Waals surface area contributed by atoms with Gasteiger partial charge in [0.25, 0.3) is 5.22 Å². The summed E-state index contributed by atoms with van der Waals surface area (Å²) in [6.07, 6.45) is 1.80. The fraction of sp³-hybridized carbons (Fsp3) is 0.200. The number of nitrogens with one attached hydrogen (secondary N) is 1. The number of hydrogen-bond acceptors (Lipinski definition) is 7. The van der Waals surface area contributed by atoms with Crippen LogP contribution in [-0.2, 0) is 9.53 Å². The summed E-state index contributed by atoms with van der Waals surface area (Å²) in [7, 11) is 0. The third-order valence-electron chi connectivity index (χ3n) is 4.87. The molecule has 7 nitrogen and oxygen atoms in total. The zero-order valence-electron chi connectivity index (χ0n) is 18.1. The van der Waals surface area contributed by atoms with Crippen molar-refractivity contribution < 1.29 is 18.7 Å². The van der Waals surface area contributed by atoms with E-state index in [-0.39, 0.29) is 17.6 Å². The number of anilines is 1. The Labute approximate surface area is 195 Å². The van der Waals surface area contributed by atoms with Crippen molar-refractivity contribution >= 4 is 40.1 Å². The van der Waals surface area contributed by atoms with Gasteiger partial charge in [-0.1, -0.05) is 55.4 Å². The number of carbonyl (C=O) groups excluding carboxylic acids is 2. The van der Waals surface area contributed by atoms with Crippen LogP contribution in [0.4, 0.5) is 5.69 Å². The zero-order valence-corrected chi connectivity index (χ0v) is 18.9. The SMILES string of the molecule is CCCCOC(=O)c1ccc(NC(=O)CSc2nnc(-c3ccc4ccccc4c3)o2)cc1. The van der Waals surface area contributed by atoms with Gasteiger partial charge in [0.05, 0.1) is 17.9 Å². The lowest BCUT2D eigenvalue weighted by atomic mass is 10.1. The van der Waals surface area contributed by atoms with Crippen LogP contribution in [0, 0.1) is 0 Å². The Balaban J connectivity index is 1.29. The quantitative estimate of drug-likeness (QED) is 0.198. The molecule has 0 aliphatic rings. The number of rotatable bonds is 9. The molecular formula is C25H23N3O4S. The molecule has 4 aromatic rings. The molecule has 1 N–H and O–H groups in total. The van der Waals surface area contributed by atoms with Crippen LogP contribution in [0.15, 0.2) is 76.4 Å². The predicted molar refractivity (Wildman–Crippen MR) is 128 cm³/mol. The number of thioether (sulfide) groups is 1. The van der Waals surface area contributed by atoms with Crippen molar-refractivity contribution in [2.45, 2.75) is 25.0 Å². The second-order valence-corrected chi connectivity index (χ2v) is 8.27. The monoisotopic (exact) mass is 461 g/mol. The fourth-order valence-corrected chi connectivity index (χ4v) is 3.68. The van der Waals surface area contributed by atoms with Gasteiger partial charge in [-0.25, -0.2) is 4.79 Å². The van der Waals surface area contributed by atoms with Crippen LogP contribution in [0.25, 0.3) is 22.2 Å². The van der Waals surface area contributed by atoms with E-state index in [0.717, 1.165) is 40.9 Å². The summed E-state index contributed by atoms with van der Waals surface area (Å²) in [6.45, 7) is 2.44. The number of unbranched alkanes of at least 4 members (excludes halogenated alkanes) is 1. The van der Waals surface area contributed by atoms with Crippen molar-refractivity contribution in [2.24, 2.45) is 0 Å². The Kier molecular flexibility index (Phi) is 7.36. The first-order chi connectivity index (χ1) is 16.1. The molecule has 33 heavy (non-hydrogen) atoms. The van der Waals surface area contributed by atoms with Gasteiger partial charge < -0.3 is 14.5 Å². The maximum atomic E-state index is 12.3. The summed E-state index contributed by atoms with van der Waals surface area (Å²) < 4.78 is 10.9. The molecule has 0 spiro atoms. The predicted octanol–water partition coefficient (Wildman–Crippen LogP) is 5.58. The van der Waals surface area contributed by atoms with E-state index in [2.05, 4.69) is 15.5 Å². The Hall–Kier alpha value is -3.65. The van der Waals surface area contributed by atoms with Crippen LogP contribution in [0.1, 0.15) is 30.1 Å². The summed E-state index contributed by atoms with van der Waals surface area (Å²) in [5.74, 6) is -0.0653. The molecule has 1 amide bonds. The number of hydrogen-bond donors (Lipinski definition) is 1. The van der Waals surface area contributed by atoms with E-state index in [0.29, 0.717) is 29.0 Å². The van der Waals surface area contributed by atoms with Crippen molar-refractivity contribution in [3.8, 4) is 11.5 Å². The van der Waals surface area contributed by atoms with Gasteiger partial charge in [-0.3, -0.25) is 4.79 Å². The van der Waals surface area contributed by atoms with Crippen molar-refractivity contribution in [1.82, 2.24) is 10.2 Å². The standard InChI is InChI=1S/C25H23N3O4S/c1-2-3-14-31-24(30)18-10-12-21(13-11-18)26-22(29)16-33-25-28-27-23(32-25)20-9-8-17-6-4-5-7-19(17)15-20/h4-13,15H,2-3,14,16H2,1H3,(H,26,29). The van der Waals surface area contributed by atoms with E-state index in [1.54, 1.807) is 24.3 Å². The van der Waals surface area contributed by atoms with Gasteiger partial charge in [-0.05, 0) is 53.6 Å². The Morgan fingerprint density at radius 3 is 2.58 bits per heavy atom. The summed E-state index contributed by atoms with van der Waals surface area (Å²) >= 11 is 1.16. The molecule has 8 heteroatoms.